The normalized spacial score (nSPS) is 14.4. The van der Waals surface area contributed by atoms with Crippen LogP contribution in [0.3, 0.4) is 0 Å². The highest BCUT2D eigenvalue weighted by atomic mass is 32.1. The van der Waals surface area contributed by atoms with Gasteiger partial charge in [-0.15, -0.1) is 11.3 Å². The third-order valence-corrected chi connectivity index (χ3v) is 4.39. The molecular formula is C16H19N3O2S. The highest BCUT2D eigenvalue weighted by Gasteiger charge is 2.17. The van der Waals surface area contributed by atoms with Gasteiger partial charge >= 0.3 is 0 Å². The van der Waals surface area contributed by atoms with E-state index in [9.17, 15) is 4.79 Å². The third kappa shape index (κ3) is 3.84. The molecule has 1 saturated heterocycles. The summed E-state index contributed by atoms with van der Waals surface area (Å²) in [6.07, 6.45) is 0. The lowest BCUT2D eigenvalue weighted by Crippen LogP contribution is -2.48. The maximum Gasteiger partial charge on any atom is 0.251 e. The average Bonchev–Trinajstić information content (AvgIpc) is 2.89. The summed E-state index contributed by atoms with van der Waals surface area (Å²) < 4.78 is 5.71. The molecule has 1 amide bonds. The maximum atomic E-state index is 12.1. The molecule has 6 heteroatoms. The standard InChI is InChI=1S/C16H19N3O2S/c1-11-19-14(10-22-11)9-21-15-4-2-3-13(5-15)16(20)18-8-12-6-17-7-12/h2-5,10,12,17H,6-9H2,1H3,(H,18,20). The number of benzene rings is 1. The zero-order valence-electron chi connectivity index (χ0n) is 12.5. The van der Waals surface area contributed by atoms with Gasteiger partial charge in [0, 0.05) is 36.5 Å². The van der Waals surface area contributed by atoms with E-state index in [0.717, 1.165) is 30.3 Å². The van der Waals surface area contributed by atoms with Crippen molar-refractivity contribution in [1.82, 2.24) is 15.6 Å². The molecule has 116 valence electrons. The van der Waals surface area contributed by atoms with E-state index in [1.807, 2.05) is 24.4 Å². The quantitative estimate of drug-likeness (QED) is 0.855. The van der Waals surface area contributed by atoms with Crippen LogP contribution in [0.5, 0.6) is 5.75 Å². The minimum absolute atomic E-state index is 0.0538. The largest absolute Gasteiger partial charge is 0.487 e. The Labute approximate surface area is 133 Å². The third-order valence-electron chi connectivity index (χ3n) is 3.57. The van der Waals surface area contributed by atoms with Gasteiger partial charge in [-0.2, -0.15) is 0 Å². The molecule has 1 aliphatic rings. The molecular weight excluding hydrogens is 298 g/mol. The molecule has 1 aliphatic heterocycles. The molecule has 2 N–H and O–H groups in total. The Morgan fingerprint density at radius 1 is 1.50 bits per heavy atom. The van der Waals surface area contributed by atoms with Crippen LogP contribution in [-0.4, -0.2) is 30.5 Å². The van der Waals surface area contributed by atoms with Crippen molar-refractivity contribution in [1.29, 1.82) is 0 Å². The van der Waals surface area contributed by atoms with Gasteiger partial charge in [-0.1, -0.05) is 6.07 Å². The van der Waals surface area contributed by atoms with Crippen molar-refractivity contribution in [3.05, 3.63) is 45.9 Å². The number of nitrogens with zero attached hydrogens (tertiary/aromatic N) is 1. The summed E-state index contributed by atoms with van der Waals surface area (Å²) in [5, 5.41) is 9.16. The molecule has 1 aromatic carbocycles. The SMILES string of the molecule is Cc1nc(COc2cccc(C(=O)NCC3CNC3)c2)cs1. The van der Waals surface area contributed by atoms with Crippen molar-refractivity contribution in [3.8, 4) is 5.75 Å². The van der Waals surface area contributed by atoms with Gasteiger partial charge in [-0.3, -0.25) is 4.79 Å². The van der Waals surface area contributed by atoms with Gasteiger partial charge in [0.05, 0.1) is 10.7 Å². The van der Waals surface area contributed by atoms with Crippen LogP contribution < -0.4 is 15.4 Å². The zero-order valence-corrected chi connectivity index (χ0v) is 13.3. The number of aryl methyl sites for hydroxylation is 1. The summed E-state index contributed by atoms with van der Waals surface area (Å²) in [5.41, 5.74) is 1.54. The summed E-state index contributed by atoms with van der Waals surface area (Å²) in [7, 11) is 0. The molecule has 0 bridgehead atoms. The molecule has 0 unspecified atom stereocenters. The van der Waals surface area contributed by atoms with Gasteiger partial charge in [0.25, 0.3) is 5.91 Å². The Morgan fingerprint density at radius 3 is 3.05 bits per heavy atom. The molecule has 2 heterocycles. The number of thiazole rings is 1. The Balaban J connectivity index is 1.55. The van der Waals surface area contributed by atoms with Crippen LogP contribution in [0.4, 0.5) is 0 Å². The number of amides is 1. The van der Waals surface area contributed by atoms with Gasteiger partial charge in [0.15, 0.2) is 0 Å². The van der Waals surface area contributed by atoms with E-state index >= 15 is 0 Å². The number of rotatable bonds is 6. The number of hydrogen-bond acceptors (Lipinski definition) is 5. The highest BCUT2D eigenvalue weighted by molar-refractivity contribution is 7.09. The molecule has 3 rings (SSSR count). The van der Waals surface area contributed by atoms with Gasteiger partial charge in [-0.25, -0.2) is 4.98 Å². The fourth-order valence-electron chi connectivity index (χ4n) is 2.19. The van der Waals surface area contributed by atoms with Crippen LogP contribution in [0.2, 0.25) is 0 Å². The molecule has 5 nitrogen and oxygen atoms in total. The lowest BCUT2D eigenvalue weighted by atomic mass is 10.0. The molecule has 1 fully saturated rings. The van der Waals surface area contributed by atoms with Crippen LogP contribution >= 0.6 is 11.3 Å². The van der Waals surface area contributed by atoms with E-state index in [4.69, 9.17) is 4.74 Å². The van der Waals surface area contributed by atoms with Crippen LogP contribution in [-0.2, 0) is 6.61 Å². The second kappa shape index (κ2) is 6.89. The van der Waals surface area contributed by atoms with Crippen LogP contribution in [0.25, 0.3) is 0 Å². The van der Waals surface area contributed by atoms with Crippen LogP contribution in [0.15, 0.2) is 29.6 Å². The minimum Gasteiger partial charge on any atom is -0.487 e. The van der Waals surface area contributed by atoms with Crippen LogP contribution in [0, 0.1) is 12.8 Å². The number of nitrogens with one attached hydrogen (secondary N) is 2. The van der Waals surface area contributed by atoms with Gasteiger partial charge in [0.2, 0.25) is 0 Å². The molecule has 22 heavy (non-hydrogen) atoms. The Hall–Kier alpha value is -1.92. The van der Waals surface area contributed by atoms with E-state index in [1.165, 1.54) is 0 Å². The maximum absolute atomic E-state index is 12.1. The van der Waals surface area contributed by atoms with E-state index in [1.54, 1.807) is 23.5 Å². The lowest BCUT2D eigenvalue weighted by molar-refractivity contribution is 0.0941. The number of carbonyl (C=O) groups is 1. The molecule has 2 aromatic rings. The number of aromatic nitrogens is 1. The van der Waals surface area contributed by atoms with Crippen molar-refractivity contribution in [2.45, 2.75) is 13.5 Å². The number of hydrogen-bond donors (Lipinski definition) is 2. The molecule has 0 atom stereocenters. The van der Waals surface area contributed by atoms with Gasteiger partial charge < -0.3 is 15.4 Å². The molecule has 0 radical (unpaired) electrons. The summed E-state index contributed by atoms with van der Waals surface area (Å²) in [5.74, 6) is 1.18. The summed E-state index contributed by atoms with van der Waals surface area (Å²) in [4.78, 5) is 16.5. The first-order chi connectivity index (χ1) is 10.7. The van der Waals surface area contributed by atoms with E-state index < -0.39 is 0 Å². The lowest BCUT2D eigenvalue weighted by Gasteiger charge is -2.27. The summed E-state index contributed by atoms with van der Waals surface area (Å²) in [6.45, 7) is 5.07. The Kier molecular flexibility index (Phi) is 4.70. The fraction of sp³-hybridized carbons (Fsp3) is 0.375. The smallest absolute Gasteiger partial charge is 0.251 e. The predicted octanol–water partition coefficient (Wildman–Crippen LogP) is 1.98. The van der Waals surface area contributed by atoms with Crippen molar-refractivity contribution in [2.75, 3.05) is 19.6 Å². The summed E-state index contributed by atoms with van der Waals surface area (Å²) in [6, 6.07) is 7.26. The Bertz CT molecular complexity index is 652. The Morgan fingerprint density at radius 2 is 2.36 bits per heavy atom. The zero-order chi connectivity index (χ0) is 15.4. The second-order valence-corrected chi connectivity index (χ2v) is 6.47. The topological polar surface area (TPSA) is 63.2 Å². The van der Waals surface area contributed by atoms with Gasteiger partial charge in [0.1, 0.15) is 12.4 Å². The fourth-order valence-corrected chi connectivity index (χ4v) is 2.79. The molecule has 0 spiro atoms. The van der Waals surface area contributed by atoms with Crippen molar-refractivity contribution >= 4 is 17.2 Å². The summed E-state index contributed by atoms with van der Waals surface area (Å²) >= 11 is 1.60. The first kappa shape index (κ1) is 15.0. The van der Waals surface area contributed by atoms with E-state index in [0.29, 0.717) is 23.8 Å². The van der Waals surface area contributed by atoms with E-state index in [-0.39, 0.29) is 5.91 Å². The van der Waals surface area contributed by atoms with E-state index in [2.05, 4.69) is 15.6 Å². The van der Waals surface area contributed by atoms with Crippen molar-refractivity contribution < 1.29 is 9.53 Å². The molecule has 0 saturated carbocycles. The molecule has 0 aliphatic carbocycles. The number of carbonyl (C=O) groups excluding carboxylic acids is 1. The first-order valence-electron chi connectivity index (χ1n) is 7.33. The highest BCUT2D eigenvalue weighted by Crippen LogP contribution is 2.16. The van der Waals surface area contributed by atoms with Gasteiger partial charge in [-0.05, 0) is 25.1 Å². The average molecular weight is 317 g/mol. The molecule has 1 aromatic heterocycles. The van der Waals surface area contributed by atoms with Crippen molar-refractivity contribution in [3.63, 3.8) is 0 Å². The second-order valence-electron chi connectivity index (χ2n) is 5.41. The van der Waals surface area contributed by atoms with Crippen LogP contribution in [0.1, 0.15) is 21.1 Å². The van der Waals surface area contributed by atoms with Crippen molar-refractivity contribution in [2.24, 2.45) is 5.92 Å². The number of ether oxygens (including phenoxy) is 1. The first-order valence-corrected chi connectivity index (χ1v) is 8.21. The monoisotopic (exact) mass is 317 g/mol. The predicted molar refractivity (Wildman–Crippen MR) is 86.3 cm³/mol. The minimum atomic E-state index is -0.0538.